The zero-order chi connectivity index (χ0) is 20.2. The van der Waals surface area contributed by atoms with Crippen LogP contribution in [0.25, 0.3) is 0 Å². The molecule has 2 saturated carbocycles. The van der Waals surface area contributed by atoms with Crippen molar-refractivity contribution in [2.45, 2.75) is 77.8 Å². The standard InChI is InChI=1S/C21H32O6/c1-12-15(22)16(23)17-19(2,3)8-6-9-20(17,4)21(12,25)10-7-13-11-14(26-5)27-18(13)24/h11-12,14,16-17,23,25H,6-10H2,1-5H3/t12-,14?,16-,17+,20+,21-/m1/s1. The Bertz CT molecular complexity index is 668. The third-order valence-electron chi connectivity index (χ3n) is 7.62. The maximum Gasteiger partial charge on any atom is 0.336 e. The van der Waals surface area contributed by atoms with E-state index in [2.05, 4.69) is 13.8 Å². The number of cyclic esters (lactones) is 1. The maximum atomic E-state index is 12.8. The van der Waals surface area contributed by atoms with E-state index in [9.17, 15) is 19.8 Å². The summed E-state index contributed by atoms with van der Waals surface area (Å²) in [6.07, 6.45) is 3.05. The monoisotopic (exact) mass is 380 g/mol. The number of carbonyl (C=O) groups is 2. The third-order valence-corrected chi connectivity index (χ3v) is 7.62. The first-order valence-corrected chi connectivity index (χ1v) is 9.86. The first kappa shape index (κ1) is 20.5. The zero-order valence-corrected chi connectivity index (χ0v) is 16.9. The second-order valence-electron chi connectivity index (χ2n) is 9.43. The quantitative estimate of drug-likeness (QED) is 0.728. The number of carbonyl (C=O) groups excluding carboxylic acids is 2. The molecule has 2 fully saturated rings. The Labute approximate surface area is 160 Å². The number of methoxy groups -OCH3 is 1. The van der Waals surface area contributed by atoms with Gasteiger partial charge in [0.1, 0.15) is 6.10 Å². The normalized spacial score (nSPS) is 43.9. The number of esters is 1. The Kier molecular flexibility index (Phi) is 5.07. The molecule has 6 nitrogen and oxygen atoms in total. The van der Waals surface area contributed by atoms with Gasteiger partial charge in [-0.2, -0.15) is 0 Å². The van der Waals surface area contributed by atoms with Crippen LogP contribution in [0.15, 0.2) is 11.6 Å². The molecule has 152 valence electrons. The van der Waals surface area contributed by atoms with Crippen LogP contribution in [0, 0.1) is 22.7 Å². The van der Waals surface area contributed by atoms with E-state index in [1.165, 1.54) is 7.11 Å². The summed E-state index contributed by atoms with van der Waals surface area (Å²) in [7, 11) is 1.46. The molecule has 0 aromatic rings. The van der Waals surface area contributed by atoms with Gasteiger partial charge in [-0.05, 0) is 37.2 Å². The van der Waals surface area contributed by atoms with E-state index in [0.29, 0.717) is 12.0 Å². The van der Waals surface area contributed by atoms with Gasteiger partial charge in [0.25, 0.3) is 0 Å². The molecule has 0 bridgehead atoms. The van der Waals surface area contributed by atoms with Crippen molar-refractivity contribution in [2.24, 2.45) is 22.7 Å². The highest BCUT2D eigenvalue weighted by atomic mass is 16.7. The molecule has 2 N–H and O–H groups in total. The minimum Gasteiger partial charge on any atom is -0.429 e. The van der Waals surface area contributed by atoms with Crippen molar-refractivity contribution in [1.82, 2.24) is 0 Å². The third kappa shape index (κ3) is 2.97. The van der Waals surface area contributed by atoms with Crippen molar-refractivity contribution in [2.75, 3.05) is 7.11 Å². The molecular formula is C21H32O6. The number of hydrogen-bond acceptors (Lipinski definition) is 6. The number of ether oxygens (including phenoxy) is 2. The van der Waals surface area contributed by atoms with Crippen molar-refractivity contribution in [3.8, 4) is 0 Å². The summed E-state index contributed by atoms with van der Waals surface area (Å²) in [6, 6.07) is 0. The van der Waals surface area contributed by atoms with Crippen LogP contribution < -0.4 is 0 Å². The van der Waals surface area contributed by atoms with Crippen LogP contribution in [-0.4, -0.2) is 47.1 Å². The second-order valence-corrected chi connectivity index (χ2v) is 9.43. The van der Waals surface area contributed by atoms with Crippen molar-refractivity contribution < 1.29 is 29.3 Å². The van der Waals surface area contributed by atoms with Gasteiger partial charge < -0.3 is 19.7 Å². The Morgan fingerprint density at radius 3 is 2.52 bits per heavy atom. The maximum absolute atomic E-state index is 12.8. The Morgan fingerprint density at radius 2 is 1.93 bits per heavy atom. The molecule has 0 aromatic heterocycles. The largest absolute Gasteiger partial charge is 0.429 e. The average Bonchev–Trinajstić information content (AvgIpc) is 2.96. The Balaban J connectivity index is 1.93. The summed E-state index contributed by atoms with van der Waals surface area (Å²) in [4.78, 5) is 24.9. The fourth-order valence-electron chi connectivity index (χ4n) is 6.07. The van der Waals surface area contributed by atoms with E-state index in [4.69, 9.17) is 9.47 Å². The molecule has 6 atom stereocenters. The van der Waals surface area contributed by atoms with Crippen LogP contribution in [0.2, 0.25) is 0 Å². The van der Waals surface area contributed by atoms with Crippen molar-refractivity contribution in [3.05, 3.63) is 11.6 Å². The van der Waals surface area contributed by atoms with Gasteiger partial charge in [0.2, 0.25) is 6.29 Å². The van der Waals surface area contributed by atoms with Gasteiger partial charge in [-0.1, -0.05) is 34.1 Å². The molecule has 0 radical (unpaired) electrons. The van der Waals surface area contributed by atoms with Crippen molar-refractivity contribution in [1.29, 1.82) is 0 Å². The molecule has 0 spiro atoms. The average molecular weight is 380 g/mol. The fraction of sp³-hybridized carbons (Fsp3) is 0.810. The van der Waals surface area contributed by atoms with Gasteiger partial charge in [0.05, 0.1) is 5.60 Å². The fourth-order valence-corrected chi connectivity index (χ4v) is 6.07. The van der Waals surface area contributed by atoms with Crippen LogP contribution in [0.4, 0.5) is 0 Å². The highest BCUT2D eigenvalue weighted by Gasteiger charge is 2.66. The second kappa shape index (κ2) is 6.68. The molecule has 3 aliphatic rings. The lowest BCUT2D eigenvalue weighted by atomic mass is 9.43. The Hall–Kier alpha value is -1.24. The lowest BCUT2D eigenvalue weighted by Gasteiger charge is -2.63. The minimum absolute atomic E-state index is 0.247. The van der Waals surface area contributed by atoms with Crippen LogP contribution >= 0.6 is 0 Å². The molecule has 3 rings (SSSR count). The van der Waals surface area contributed by atoms with E-state index in [1.807, 2.05) is 6.92 Å². The van der Waals surface area contributed by atoms with Gasteiger partial charge in [-0.15, -0.1) is 0 Å². The van der Waals surface area contributed by atoms with Gasteiger partial charge in [0, 0.05) is 29.9 Å². The highest BCUT2D eigenvalue weighted by molar-refractivity contribution is 5.91. The number of hydrogen-bond donors (Lipinski definition) is 2. The summed E-state index contributed by atoms with van der Waals surface area (Å²) in [6.45, 7) is 7.85. The molecule has 6 heteroatoms. The molecular weight excluding hydrogens is 348 g/mol. The van der Waals surface area contributed by atoms with Crippen LogP contribution in [0.5, 0.6) is 0 Å². The summed E-state index contributed by atoms with van der Waals surface area (Å²) in [5.41, 5.74) is -1.68. The van der Waals surface area contributed by atoms with E-state index >= 15 is 0 Å². The topological polar surface area (TPSA) is 93.1 Å². The molecule has 1 unspecified atom stereocenters. The predicted octanol–water partition coefficient (Wildman–Crippen LogP) is 2.37. The summed E-state index contributed by atoms with van der Waals surface area (Å²) < 4.78 is 10.1. The molecule has 0 aromatic carbocycles. The number of fused-ring (bicyclic) bond motifs is 1. The van der Waals surface area contributed by atoms with Gasteiger partial charge in [-0.3, -0.25) is 4.79 Å². The summed E-state index contributed by atoms with van der Waals surface area (Å²) >= 11 is 0. The number of Topliss-reactive ketones (excluding diaryl/α,β-unsaturated/α-hetero) is 1. The highest BCUT2D eigenvalue weighted by Crippen LogP contribution is 2.63. The van der Waals surface area contributed by atoms with E-state index < -0.39 is 35.3 Å². The van der Waals surface area contributed by atoms with Gasteiger partial charge in [-0.25, -0.2) is 4.79 Å². The van der Waals surface area contributed by atoms with Gasteiger partial charge >= 0.3 is 5.97 Å². The van der Waals surface area contributed by atoms with Crippen LogP contribution in [-0.2, 0) is 19.1 Å². The summed E-state index contributed by atoms with van der Waals surface area (Å²) in [5.74, 6) is -1.75. The SMILES string of the molecule is COC1C=C(CC[C@@]2(O)[C@H](C)C(=O)[C@@H](O)[C@H]3C(C)(C)CCC[C@@]32C)C(=O)O1. The minimum atomic E-state index is -1.29. The number of ketones is 1. The lowest BCUT2D eigenvalue weighted by Crippen LogP contribution is -2.69. The first-order valence-electron chi connectivity index (χ1n) is 9.86. The zero-order valence-electron chi connectivity index (χ0n) is 16.9. The smallest absolute Gasteiger partial charge is 0.336 e. The van der Waals surface area contributed by atoms with Crippen molar-refractivity contribution >= 4 is 11.8 Å². The van der Waals surface area contributed by atoms with E-state index in [0.717, 1.165) is 19.3 Å². The molecule has 27 heavy (non-hydrogen) atoms. The van der Waals surface area contributed by atoms with Gasteiger partial charge in [0.15, 0.2) is 5.78 Å². The number of rotatable bonds is 4. The van der Waals surface area contributed by atoms with Crippen LogP contribution in [0.1, 0.15) is 59.8 Å². The number of aliphatic hydroxyl groups excluding tert-OH is 1. The first-order chi connectivity index (χ1) is 12.5. The predicted molar refractivity (Wildman–Crippen MR) is 98.6 cm³/mol. The lowest BCUT2D eigenvalue weighted by molar-refractivity contribution is -0.233. The number of aliphatic hydroxyl groups is 2. The van der Waals surface area contributed by atoms with E-state index in [-0.39, 0.29) is 23.5 Å². The van der Waals surface area contributed by atoms with Crippen molar-refractivity contribution in [3.63, 3.8) is 0 Å². The van der Waals surface area contributed by atoms with E-state index in [1.54, 1.807) is 13.0 Å². The molecule has 0 saturated heterocycles. The molecule has 0 amide bonds. The Morgan fingerprint density at radius 1 is 1.26 bits per heavy atom. The van der Waals surface area contributed by atoms with Crippen LogP contribution in [0.3, 0.4) is 0 Å². The molecule has 1 heterocycles. The summed E-state index contributed by atoms with van der Waals surface area (Å²) in [5, 5.41) is 22.6. The molecule has 1 aliphatic heterocycles. The molecule has 2 aliphatic carbocycles.